The molecule has 224 valence electrons. The van der Waals surface area contributed by atoms with Crippen molar-refractivity contribution in [1.82, 2.24) is 14.5 Å². The third kappa shape index (κ3) is 5.83. The number of halogens is 2. The fraction of sp³-hybridized carbons (Fsp3) is 0.0968. The molecule has 0 aliphatic carbocycles. The number of aromatic hydroxyl groups is 1. The molecule has 5 aromatic rings. The van der Waals surface area contributed by atoms with Crippen LogP contribution in [0.3, 0.4) is 0 Å². The molecule has 44 heavy (non-hydrogen) atoms. The number of benzene rings is 3. The minimum absolute atomic E-state index is 0.00546. The first kappa shape index (κ1) is 29.5. The molecule has 0 unspecified atom stereocenters. The number of nitrogens with two attached hydrogens (primary N) is 1. The van der Waals surface area contributed by atoms with E-state index in [1.54, 1.807) is 42.2 Å². The molecule has 11 nitrogen and oxygen atoms in total. The number of carboxylic acid groups (broad SMARTS) is 1. The van der Waals surface area contributed by atoms with Crippen LogP contribution in [-0.2, 0) is 7.05 Å². The highest BCUT2D eigenvalue weighted by molar-refractivity contribution is 5.95. The van der Waals surface area contributed by atoms with Crippen molar-refractivity contribution in [2.45, 2.75) is 13.8 Å². The van der Waals surface area contributed by atoms with E-state index < -0.39 is 40.9 Å². The van der Waals surface area contributed by atoms with E-state index in [0.29, 0.717) is 11.4 Å². The Morgan fingerprint density at radius 2 is 1.61 bits per heavy atom. The Kier molecular flexibility index (Phi) is 7.86. The largest absolute Gasteiger partial charge is 0.504 e. The predicted octanol–water partition coefficient (Wildman–Crippen LogP) is 6.44. The number of nitrogen functional groups attached to an aromatic ring is 1. The number of pyridine rings is 1. The molecular formula is C31H25F2N5O6. The van der Waals surface area contributed by atoms with Crippen molar-refractivity contribution in [3.8, 4) is 51.9 Å². The van der Waals surface area contributed by atoms with Crippen LogP contribution in [0.4, 0.5) is 8.78 Å². The van der Waals surface area contributed by atoms with Gasteiger partial charge in [0.25, 0.3) is 11.8 Å². The zero-order valence-corrected chi connectivity index (χ0v) is 23.6. The summed E-state index contributed by atoms with van der Waals surface area (Å²) in [4.78, 5) is 19.7. The predicted molar refractivity (Wildman–Crippen MR) is 155 cm³/mol. The number of hydrogen-bond acceptors (Lipinski definition) is 8. The molecule has 0 saturated carbocycles. The lowest BCUT2D eigenvalue weighted by molar-refractivity contribution is 0.0696. The van der Waals surface area contributed by atoms with Gasteiger partial charge in [0.2, 0.25) is 17.4 Å². The first-order valence-corrected chi connectivity index (χ1v) is 12.9. The molecule has 5 N–H and O–H groups in total. The van der Waals surface area contributed by atoms with Crippen LogP contribution in [0, 0.1) is 30.9 Å². The second kappa shape index (κ2) is 11.7. The van der Waals surface area contributed by atoms with Crippen molar-refractivity contribution in [3.63, 3.8) is 0 Å². The van der Waals surface area contributed by atoms with Crippen LogP contribution >= 0.6 is 0 Å². The van der Waals surface area contributed by atoms with Crippen LogP contribution < -0.4 is 19.9 Å². The maximum Gasteiger partial charge on any atom is 0.335 e. The van der Waals surface area contributed by atoms with E-state index in [4.69, 9.17) is 25.4 Å². The van der Waals surface area contributed by atoms with Crippen LogP contribution in [0.25, 0.3) is 11.4 Å². The van der Waals surface area contributed by atoms with Gasteiger partial charge in [-0.1, -0.05) is 12.1 Å². The molecular weight excluding hydrogens is 576 g/mol. The van der Waals surface area contributed by atoms with Gasteiger partial charge in [0.15, 0.2) is 11.5 Å². The van der Waals surface area contributed by atoms with Crippen molar-refractivity contribution in [2.24, 2.45) is 12.8 Å². The second-order valence-electron chi connectivity index (χ2n) is 9.72. The Bertz CT molecular complexity index is 1920. The molecule has 0 amide bonds. The summed E-state index contributed by atoms with van der Waals surface area (Å²) in [6, 6.07) is 12.8. The van der Waals surface area contributed by atoms with Crippen molar-refractivity contribution < 1.29 is 38.0 Å². The van der Waals surface area contributed by atoms with Gasteiger partial charge < -0.3 is 34.7 Å². The van der Waals surface area contributed by atoms with E-state index in [1.807, 2.05) is 0 Å². The molecule has 0 saturated heterocycles. The van der Waals surface area contributed by atoms with Crippen LogP contribution in [-0.4, -0.2) is 36.6 Å². The van der Waals surface area contributed by atoms with Gasteiger partial charge in [-0.2, -0.15) is 13.8 Å². The number of aromatic carboxylic acids is 1. The SMILES string of the molecule is Cc1cc(C(=O)O)cc(C)c1Oc1c(F)c(Oc2cccc(-c3nccn3C)c2)nc(Oc2cc(C(=N)N)ccc2O)c1F. The summed E-state index contributed by atoms with van der Waals surface area (Å²) in [6.45, 7) is 3.05. The number of phenols is 1. The molecule has 3 aromatic carbocycles. The number of aryl methyl sites for hydroxylation is 3. The number of imidazole rings is 1. The first-order valence-electron chi connectivity index (χ1n) is 12.9. The number of nitrogens with zero attached hydrogens (tertiary/aromatic N) is 3. The molecule has 0 radical (unpaired) electrons. The first-order chi connectivity index (χ1) is 20.9. The Hall–Kier alpha value is -5.98. The van der Waals surface area contributed by atoms with Gasteiger partial charge in [-0.25, -0.2) is 9.78 Å². The lowest BCUT2D eigenvalue weighted by Gasteiger charge is -2.17. The fourth-order valence-electron chi connectivity index (χ4n) is 4.36. The molecule has 0 atom stereocenters. The van der Waals surface area contributed by atoms with Crippen molar-refractivity contribution >= 4 is 11.8 Å². The van der Waals surface area contributed by atoms with Gasteiger partial charge in [-0.05, 0) is 67.4 Å². The molecule has 2 heterocycles. The lowest BCUT2D eigenvalue weighted by atomic mass is 10.1. The van der Waals surface area contributed by atoms with E-state index in [2.05, 4.69) is 9.97 Å². The Morgan fingerprint density at radius 3 is 2.23 bits per heavy atom. The summed E-state index contributed by atoms with van der Waals surface area (Å²) in [7, 11) is 1.80. The maximum absolute atomic E-state index is 16.0. The van der Waals surface area contributed by atoms with Crippen LogP contribution in [0.1, 0.15) is 27.0 Å². The molecule has 0 aliphatic rings. The third-order valence-electron chi connectivity index (χ3n) is 6.49. The highest BCUT2D eigenvalue weighted by Crippen LogP contribution is 2.42. The molecule has 0 bridgehead atoms. The summed E-state index contributed by atoms with van der Waals surface area (Å²) >= 11 is 0. The number of phenolic OH excluding ortho intramolecular Hbond substituents is 1. The van der Waals surface area contributed by atoms with Crippen molar-refractivity contribution in [3.05, 3.63) is 101 Å². The van der Waals surface area contributed by atoms with E-state index in [0.717, 1.165) is 0 Å². The number of rotatable bonds is 9. The summed E-state index contributed by atoms with van der Waals surface area (Å²) in [5, 5.41) is 27.4. The van der Waals surface area contributed by atoms with Gasteiger partial charge in [0.1, 0.15) is 23.2 Å². The minimum Gasteiger partial charge on any atom is -0.504 e. The third-order valence-corrected chi connectivity index (χ3v) is 6.49. The Labute approximate surface area is 249 Å². The standard InChI is InChI=1S/C31H25F2N5O6/c1-15-11-19(31(40)41)12-16(2)25(15)44-26-23(32)29(42-20-6-4-5-18(13-20)28-36-9-10-38(28)3)37-30(24(26)33)43-22-14-17(27(34)35)7-8-21(22)39/h4-14,39H,1-3H3,(H3,34,35)(H,40,41). The van der Waals surface area contributed by atoms with Crippen molar-refractivity contribution in [2.75, 3.05) is 0 Å². The number of carboxylic acids is 1. The fourth-order valence-corrected chi connectivity index (χ4v) is 4.36. The number of ether oxygens (including phenoxy) is 3. The number of amidine groups is 1. The Morgan fingerprint density at radius 1 is 0.932 bits per heavy atom. The molecule has 0 spiro atoms. The Balaban J connectivity index is 1.62. The maximum atomic E-state index is 16.0. The summed E-state index contributed by atoms with van der Waals surface area (Å²) in [5.74, 6) is -6.80. The zero-order valence-electron chi connectivity index (χ0n) is 23.6. The van der Waals surface area contributed by atoms with E-state index in [-0.39, 0.29) is 45.3 Å². The van der Waals surface area contributed by atoms with Crippen LogP contribution in [0.5, 0.6) is 40.5 Å². The summed E-state index contributed by atoms with van der Waals surface area (Å²) < 4.78 is 50.7. The minimum atomic E-state index is -1.38. The average molecular weight is 602 g/mol. The number of aromatic nitrogens is 3. The normalized spacial score (nSPS) is 10.8. The molecule has 0 fully saturated rings. The molecule has 0 aliphatic heterocycles. The summed E-state index contributed by atoms with van der Waals surface area (Å²) in [5.41, 5.74) is 6.87. The van der Waals surface area contributed by atoms with Crippen LogP contribution in [0.15, 0.2) is 67.0 Å². The second-order valence-corrected chi connectivity index (χ2v) is 9.72. The quantitative estimate of drug-likeness (QED) is 0.110. The topological polar surface area (TPSA) is 166 Å². The van der Waals surface area contributed by atoms with Crippen LogP contribution in [0.2, 0.25) is 0 Å². The lowest BCUT2D eigenvalue weighted by Crippen LogP contribution is -2.11. The van der Waals surface area contributed by atoms with Gasteiger partial charge in [0.05, 0.1) is 5.56 Å². The number of hydrogen-bond donors (Lipinski definition) is 4. The van der Waals surface area contributed by atoms with Gasteiger partial charge in [-0.15, -0.1) is 0 Å². The molecule has 5 rings (SSSR count). The zero-order chi connectivity index (χ0) is 31.7. The van der Waals surface area contributed by atoms with E-state index in [1.165, 1.54) is 50.2 Å². The van der Waals surface area contributed by atoms with E-state index in [9.17, 15) is 15.0 Å². The van der Waals surface area contributed by atoms with Crippen molar-refractivity contribution in [1.29, 1.82) is 5.41 Å². The van der Waals surface area contributed by atoms with Gasteiger partial charge >= 0.3 is 5.97 Å². The van der Waals surface area contributed by atoms with E-state index >= 15 is 8.78 Å². The highest BCUT2D eigenvalue weighted by Gasteiger charge is 2.28. The smallest absolute Gasteiger partial charge is 0.335 e. The number of carbonyl (C=O) groups is 1. The monoisotopic (exact) mass is 601 g/mol. The summed E-state index contributed by atoms with van der Waals surface area (Å²) in [6.07, 6.45) is 3.36. The number of nitrogens with one attached hydrogen (secondary N) is 1. The molecule has 2 aromatic heterocycles. The van der Waals surface area contributed by atoms with Gasteiger partial charge in [0, 0.05) is 30.6 Å². The average Bonchev–Trinajstić information content (AvgIpc) is 3.41. The highest BCUT2D eigenvalue weighted by atomic mass is 19.1. The molecule has 13 heteroatoms. The van der Waals surface area contributed by atoms with Gasteiger partial charge in [-0.3, -0.25) is 5.41 Å².